The van der Waals surface area contributed by atoms with Gasteiger partial charge in [-0.05, 0) is 13.8 Å². The molecule has 0 aliphatic rings. The second-order valence-corrected chi connectivity index (χ2v) is 2.65. The molecule has 0 unspecified atom stereocenters. The Hall–Kier alpha value is -1.32. The number of amides is 1. The van der Waals surface area contributed by atoms with E-state index < -0.39 is 0 Å². The summed E-state index contributed by atoms with van der Waals surface area (Å²) in [6.07, 6.45) is 0.345. The predicted molar refractivity (Wildman–Crippen MR) is 43.7 cm³/mol. The SMILES string of the molecule is CNC(=O)Cc1c(C)noc1C. The van der Waals surface area contributed by atoms with Crippen LogP contribution in [0.1, 0.15) is 17.0 Å². The number of hydrogen-bond donors (Lipinski definition) is 1. The number of aromatic nitrogens is 1. The van der Waals surface area contributed by atoms with E-state index in [4.69, 9.17) is 4.52 Å². The Bertz CT molecular complexity index is 272. The molecule has 66 valence electrons. The second-order valence-electron chi connectivity index (χ2n) is 2.65. The van der Waals surface area contributed by atoms with Gasteiger partial charge in [-0.3, -0.25) is 4.79 Å². The molecular weight excluding hydrogens is 156 g/mol. The van der Waals surface area contributed by atoms with Crippen molar-refractivity contribution in [3.05, 3.63) is 17.0 Å². The minimum absolute atomic E-state index is 0.0237. The molecule has 1 aromatic heterocycles. The van der Waals surface area contributed by atoms with Crippen LogP contribution in [0.4, 0.5) is 0 Å². The van der Waals surface area contributed by atoms with E-state index in [1.165, 1.54) is 0 Å². The fourth-order valence-corrected chi connectivity index (χ4v) is 1.00. The van der Waals surface area contributed by atoms with Crippen LogP contribution in [0.15, 0.2) is 4.52 Å². The van der Waals surface area contributed by atoms with Crippen LogP contribution in [0.25, 0.3) is 0 Å². The summed E-state index contributed by atoms with van der Waals surface area (Å²) < 4.78 is 4.91. The van der Waals surface area contributed by atoms with Gasteiger partial charge in [0.2, 0.25) is 5.91 Å². The van der Waals surface area contributed by atoms with Crippen molar-refractivity contribution in [3.63, 3.8) is 0 Å². The van der Waals surface area contributed by atoms with Gasteiger partial charge in [-0.25, -0.2) is 0 Å². The van der Waals surface area contributed by atoms with Crippen LogP contribution in [0.3, 0.4) is 0 Å². The van der Waals surface area contributed by atoms with E-state index in [-0.39, 0.29) is 5.91 Å². The number of nitrogens with zero attached hydrogens (tertiary/aromatic N) is 1. The third kappa shape index (κ3) is 1.64. The van der Waals surface area contributed by atoms with E-state index in [1.54, 1.807) is 14.0 Å². The minimum Gasteiger partial charge on any atom is -0.361 e. The van der Waals surface area contributed by atoms with Crippen LogP contribution in [0, 0.1) is 13.8 Å². The maximum absolute atomic E-state index is 11.0. The third-order valence-corrected chi connectivity index (χ3v) is 1.80. The van der Waals surface area contributed by atoms with Crippen LogP contribution < -0.4 is 5.32 Å². The van der Waals surface area contributed by atoms with Gasteiger partial charge in [0.1, 0.15) is 5.76 Å². The molecule has 0 saturated heterocycles. The first-order valence-electron chi connectivity index (χ1n) is 3.77. The van der Waals surface area contributed by atoms with Crippen LogP contribution in [-0.2, 0) is 11.2 Å². The molecule has 0 atom stereocenters. The molecule has 0 saturated carbocycles. The fourth-order valence-electron chi connectivity index (χ4n) is 1.00. The quantitative estimate of drug-likeness (QED) is 0.702. The Labute approximate surface area is 70.9 Å². The van der Waals surface area contributed by atoms with Gasteiger partial charge >= 0.3 is 0 Å². The van der Waals surface area contributed by atoms with Crippen molar-refractivity contribution < 1.29 is 9.32 Å². The number of rotatable bonds is 2. The number of carbonyl (C=O) groups is 1. The summed E-state index contributed by atoms with van der Waals surface area (Å²) in [5.41, 5.74) is 1.67. The molecule has 0 aliphatic carbocycles. The third-order valence-electron chi connectivity index (χ3n) is 1.80. The summed E-state index contributed by atoms with van der Waals surface area (Å²) in [5, 5.41) is 6.30. The van der Waals surface area contributed by atoms with Crippen LogP contribution >= 0.6 is 0 Å². The Morgan fingerprint density at radius 3 is 2.67 bits per heavy atom. The number of carbonyl (C=O) groups excluding carboxylic acids is 1. The van der Waals surface area contributed by atoms with Crippen molar-refractivity contribution in [1.82, 2.24) is 10.5 Å². The van der Waals surface area contributed by atoms with Gasteiger partial charge in [-0.15, -0.1) is 0 Å². The molecule has 4 heteroatoms. The molecule has 0 fully saturated rings. The molecule has 0 aliphatic heterocycles. The van der Waals surface area contributed by atoms with E-state index in [1.807, 2.05) is 6.92 Å². The lowest BCUT2D eigenvalue weighted by Gasteiger charge is -1.97. The van der Waals surface area contributed by atoms with Crippen LogP contribution in [0.2, 0.25) is 0 Å². The summed E-state index contributed by atoms with van der Waals surface area (Å²) in [7, 11) is 1.61. The normalized spacial score (nSPS) is 9.92. The van der Waals surface area contributed by atoms with Gasteiger partial charge in [-0.1, -0.05) is 5.16 Å². The number of hydrogen-bond acceptors (Lipinski definition) is 3. The fraction of sp³-hybridized carbons (Fsp3) is 0.500. The minimum atomic E-state index is -0.0237. The lowest BCUT2D eigenvalue weighted by Crippen LogP contribution is -2.20. The average molecular weight is 168 g/mol. The maximum atomic E-state index is 11.0. The molecule has 1 N–H and O–H groups in total. The van der Waals surface area contributed by atoms with Gasteiger partial charge in [0.15, 0.2) is 0 Å². The Morgan fingerprint density at radius 2 is 2.25 bits per heavy atom. The monoisotopic (exact) mass is 168 g/mol. The van der Waals surface area contributed by atoms with Crippen molar-refractivity contribution >= 4 is 5.91 Å². The Balaban J connectivity index is 2.80. The topological polar surface area (TPSA) is 55.1 Å². The molecule has 1 aromatic rings. The van der Waals surface area contributed by atoms with E-state index in [0.717, 1.165) is 17.0 Å². The van der Waals surface area contributed by atoms with Gasteiger partial charge in [0.25, 0.3) is 0 Å². The summed E-state index contributed by atoms with van der Waals surface area (Å²) in [4.78, 5) is 11.0. The summed E-state index contributed by atoms with van der Waals surface area (Å²) in [6.45, 7) is 3.63. The highest BCUT2D eigenvalue weighted by atomic mass is 16.5. The van der Waals surface area contributed by atoms with Crippen molar-refractivity contribution in [3.8, 4) is 0 Å². The molecule has 4 nitrogen and oxygen atoms in total. The van der Waals surface area contributed by atoms with Gasteiger partial charge in [-0.2, -0.15) is 0 Å². The highest BCUT2D eigenvalue weighted by molar-refractivity contribution is 5.78. The lowest BCUT2D eigenvalue weighted by atomic mass is 10.1. The first-order chi connectivity index (χ1) is 5.65. The highest BCUT2D eigenvalue weighted by Crippen LogP contribution is 2.12. The molecule has 0 radical (unpaired) electrons. The smallest absolute Gasteiger partial charge is 0.224 e. The molecule has 0 bridgehead atoms. The van der Waals surface area contributed by atoms with Crippen molar-refractivity contribution in [1.29, 1.82) is 0 Å². The summed E-state index contributed by atoms with van der Waals surface area (Å²) in [6, 6.07) is 0. The van der Waals surface area contributed by atoms with Gasteiger partial charge < -0.3 is 9.84 Å². The molecule has 1 amide bonds. The van der Waals surface area contributed by atoms with E-state index in [2.05, 4.69) is 10.5 Å². The zero-order chi connectivity index (χ0) is 9.14. The second kappa shape index (κ2) is 3.38. The van der Waals surface area contributed by atoms with Crippen molar-refractivity contribution in [2.45, 2.75) is 20.3 Å². The average Bonchev–Trinajstić information content (AvgIpc) is 2.35. The Morgan fingerprint density at radius 1 is 1.58 bits per heavy atom. The number of nitrogens with one attached hydrogen (secondary N) is 1. The largest absolute Gasteiger partial charge is 0.361 e. The molecule has 0 spiro atoms. The van der Waals surface area contributed by atoms with Crippen molar-refractivity contribution in [2.75, 3.05) is 7.05 Å². The first-order valence-corrected chi connectivity index (χ1v) is 3.77. The lowest BCUT2D eigenvalue weighted by molar-refractivity contribution is -0.119. The molecule has 12 heavy (non-hydrogen) atoms. The van der Waals surface area contributed by atoms with Gasteiger partial charge in [0, 0.05) is 12.6 Å². The molecule has 1 rings (SSSR count). The van der Waals surface area contributed by atoms with Crippen molar-refractivity contribution in [2.24, 2.45) is 0 Å². The first kappa shape index (κ1) is 8.77. The number of likely N-dealkylation sites (N-methyl/N-ethyl adjacent to an activating group) is 1. The molecule has 1 heterocycles. The van der Waals surface area contributed by atoms with E-state index >= 15 is 0 Å². The highest BCUT2D eigenvalue weighted by Gasteiger charge is 2.11. The standard InChI is InChI=1S/C8H12N2O2/c1-5-7(4-8(11)9-3)6(2)12-10-5/h4H2,1-3H3,(H,9,11). The Kier molecular flexibility index (Phi) is 2.47. The zero-order valence-corrected chi connectivity index (χ0v) is 7.47. The van der Waals surface area contributed by atoms with Crippen LogP contribution in [0.5, 0.6) is 0 Å². The molecular formula is C8H12N2O2. The summed E-state index contributed by atoms with van der Waals surface area (Å²) >= 11 is 0. The zero-order valence-electron chi connectivity index (χ0n) is 7.47. The van der Waals surface area contributed by atoms with E-state index in [0.29, 0.717) is 6.42 Å². The molecule has 0 aromatic carbocycles. The maximum Gasteiger partial charge on any atom is 0.224 e. The van der Waals surface area contributed by atoms with Gasteiger partial charge in [0.05, 0.1) is 12.1 Å². The predicted octanol–water partition coefficient (Wildman–Crippen LogP) is 0.580. The number of aryl methyl sites for hydroxylation is 2. The van der Waals surface area contributed by atoms with E-state index in [9.17, 15) is 4.79 Å². The van der Waals surface area contributed by atoms with Crippen LogP contribution in [-0.4, -0.2) is 18.1 Å². The summed E-state index contributed by atoms with van der Waals surface area (Å²) in [5.74, 6) is 0.695.